The summed E-state index contributed by atoms with van der Waals surface area (Å²) in [6.45, 7) is 3.25. The molecule has 1 N–H and O–H groups in total. The Kier molecular flexibility index (Phi) is 4.47. The van der Waals surface area contributed by atoms with Crippen LogP contribution in [0.4, 0.5) is 0 Å². The van der Waals surface area contributed by atoms with Crippen LogP contribution in [0.1, 0.15) is 32.6 Å². The van der Waals surface area contributed by atoms with E-state index in [-0.39, 0.29) is 10.6 Å². The molecule has 0 saturated carbocycles. The van der Waals surface area contributed by atoms with Crippen molar-refractivity contribution in [2.24, 2.45) is 5.92 Å². The molecule has 0 bridgehead atoms. The number of benzene rings is 1. The van der Waals surface area contributed by atoms with Crippen molar-refractivity contribution < 1.29 is 13.5 Å². The number of hydrogen-bond acceptors (Lipinski definition) is 3. The summed E-state index contributed by atoms with van der Waals surface area (Å²) in [5, 5.41) is 9.74. The summed E-state index contributed by atoms with van der Waals surface area (Å²) in [5.41, 5.74) is 0. The molecule has 0 spiro atoms. The zero-order valence-corrected chi connectivity index (χ0v) is 12.1. The number of para-hydroxylation sites is 1. The van der Waals surface area contributed by atoms with Crippen molar-refractivity contribution in [1.29, 1.82) is 0 Å². The van der Waals surface area contributed by atoms with E-state index < -0.39 is 10.0 Å². The van der Waals surface area contributed by atoms with Gasteiger partial charge in [-0.1, -0.05) is 25.5 Å². The lowest BCUT2D eigenvalue weighted by Crippen LogP contribution is -2.32. The van der Waals surface area contributed by atoms with Gasteiger partial charge >= 0.3 is 0 Å². The van der Waals surface area contributed by atoms with Crippen LogP contribution in [-0.2, 0) is 10.0 Å². The molecule has 5 heteroatoms. The first-order valence-electron chi connectivity index (χ1n) is 6.84. The SMILES string of the molecule is CCC1CCCN(S(=O)(=O)c2ccccc2O)CC1. The van der Waals surface area contributed by atoms with Gasteiger partial charge in [0.25, 0.3) is 0 Å². The maximum absolute atomic E-state index is 12.5. The van der Waals surface area contributed by atoms with Crippen LogP contribution in [0.15, 0.2) is 29.2 Å². The first-order chi connectivity index (χ1) is 9.05. The fourth-order valence-corrected chi connectivity index (χ4v) is 4.18. The molecule has 1 aliphatic rings. The molecule has 1 saturated heterocycles. The fourth-order valence-electron chi connectivity index (χ4n) is 2.60. The van der Waals surface area contributed by atoms with Gasteiger partial charge in [-0.3, -0.25) is 0 Å². The second-order valence-electron chi connectivity index (χ2n) is 5.08. The number of phenolic OH excluding ortho intramolecular Hbond substituents is 1. The highest BCUT2D eigenvalue weighted by molar-refractivity contribution is 7.89. The van der Waals surface area contributed by atoms with Crippen molar-refractivity contribution >= 4 is 10.0 Å². The van der Waals surface area contributed by atoms with Crippen LogP contribution in [0, 0.1) is 5.92 Å². The van der Waals surface area contributed by atoms with Gasteiger partial charge in [0.2, 0.25) is 10.0 Å². The number of sulfonamides is 1. The molecule has 19 heavy (non-hydrogen) atoms. The molecule has 106 valence electrons. The predicted molar refractivity (Wildman–Crippen MR) is 74.5 cm³/mol. The summed E-state index contributed by atoms with van der Waals surface area (Å²) in [5.74, 6) is 0.448. The van der Waals surface area contributed by atoms with Gasteiger partial charge in [-0.05, 0) is 37.3 Å². The molecule has 1 aromatic rings. The van der Waals surface area contributed by atoms with Gasteiger partial charge in [0, 0.05) is 13.1 Å². The van der Waals surface area contributed by atoms with Gasteiger partial charge in [0.1, 0.15) is 10.6 Å². The monoisotopic (exact) mass is 283 g/mol. The molecule has 0 aliphatic carbocycles. The van der Waals surface area contributed by atoms with E-state index in [9.17, 15) is 13.5 Å². The summed E-state index contributed by atoms with van der Waals surface area (Å²) >= 11 is 0. The molecule has 4 nitrogen and oxygen atoms in total. The normalized spacial score (nSPS) is 22.1. The van der Waals surface area contributed by atoms with Crippen molar-refractivity contribution in [3.05, 3.63) is 24.3 Å². The lowest BCUT2D eigenvalue weighted by atomic mass is 9.98. The Hall–Kier alpha value is -1.07. The minimum absolute atomic E-state index is 0.0185. The van der Waals surface area contributed by atoms with Crippen LogP contribution in [0.2, 0.25) is 0 Å². The third-order valence-corrected chi connectivity index (χ3v) is 5.81. The largest absolute Gasteiger partial charge is 0.507 e. The number of hydrogen-bond donors (Lipinski definition) is 1. The number of rotatable bonds is 3. The zero-order valence-electron chi connectivity index (χ0n) is 11.2. The predicted octanol–water partition coefficient (Wildman–Crippen LogP) is 2.59. The van der Waals surface area contributed by atoms with Gasteiger partial charge < -0.3 is 5.11 Å². The van der Waals surface area contributed by atoms with Gasteiger partial charge in [-0.2, -0.15) is 4.31 Å². The Morgan fingerprint density at radius 2 is 2.00 bits per heavy atom. The topological polar surface area (TPSA) is 57.6 Å². The Balaban J connectivity index is 2.23. The van der Waals surface area contributed by atoms with Crippen molar-refractivity contribution in [2.75, 3.05) is 13.1 Å². The van der Waals surface area contributed by atoms with Crippen LogP contribution in [0.5, 0.6) is 5.75 Å². The second-order valence-corrected chi connectivity index (χ2v) is 6.98. The van der Waals surface area contributed by atoms with Crippen LogP contribution in [0.3, 0.4) is 0 Å². The number of phenols is 1. The maximum atomic E-state index is 12.5. The number of aromatic hydroxyl groups is 1. The smallest absolute Gasteiger partial charge is 0.246 e. The van der Waals surface area contributed by atoms with Crippen LogP contribution >= 0.6 is 0 Å². The molecule has 1 unspecified atom stereocenters. The van der Waals surface area contributed by atoms with E-state index >= 15 is 0 Å². The lowest BCUT2D eigenvalue weighted by molar-refractivity contribution is 0.402. The van der Waals surface area contributed by atoms with E-state index in [4.69, 9.17) is 0 Å². The van der Waals surface area contributed by atoms with Crippen molar-refractivity contribution in [2.45, 2.75) is 37.5 Å². The molecule has 1 aromatic carbocycles. The average Bonchev–Trinajstić information content (AvgIpc) is 2.64. The summed E-state index contributed by atoms with van der Waals surface area (Å²) in [6.07, 6.45) is 3.99. The van der Waals surface area contributed by atoms with Crippen LogP contribution in [-0.4, -0.2) is 30.9 Å². The van der Waals surface area contributed by atoms with E-state index in [2.05, 4.69) is 6.92 Å². The van der Waals surface area contributed by atoms with Crippen LogP contribution < -0.4 is 0 Å². The van der Waals surface area contributed by atoms with E-state index in [1.807, 2.05) is 0 Å². The molecular formula is C14H21NO3S. The fraction of sp³-hybridized carbons (Fsp3) is 0.571. The Morgan fingerprint density at radius 1 is 1.26 bits per heavy atom. The molecule has 0 amide bonds. The Morgan fingerprint density at radius 3 is 2.68 bits per heavy atom. The van der Waals surface area contributed by atoms with E-state index in [1.165, 1.54) is 16.4 Å². The maximum Gasteiger partial charge on any atom is 0.246 e. The summed E-state index contributed by atoms with van der Waals surface area (Å²) in [7, 11) is -3.56. The molecule has 1 atom stereocenters. The second kappa shape index (κ2) is 5.92. The molecule has 1 heterocycles. The molecular weight excluding hydrogens is 262 g/mol. The summed E-state index contributed by atoms with van der Waals surface area (Å²) in [4.78, 5) is 0.0185. The number of nitrogens with zero attached hydrogens (tertiary/aromatic N) is 1. The van der Waals surface area contributed by atoms with Crippen molar-refractivity contribution in [3.63, 3.8) is 0 Å². The highest BCUT2D eigenvalue weighted by atomic mass is 32.2. The van der Waals surface area contributed by atoms with Gasteiger partial charge in [-0.15, -0.1) is 0 Å². The van der Waals surface area contributed by atoms with E-state index in [0.29, 0.717) is 19.0 Å². The highest BCUT2D eigenvalue weighted by Gasteiger charge is 2.28. The lowest BCUT2D eigenvalue weighted by Gasteiger charge is -2.20. The molecule has 0 radical (unpaired) electrons. The van der Waals surface area contributed by atoms with Gasteiger partial charge in [0.05, 0.1) is 0 Å². The van der Waals surface area contributed by atoms with Crippen LogP contribution in [0.25, 0.3) is 0 Å². The standard InChI is InChI=1S/C14H21NO3S/c1-2-12-6-5-10-15(11-9-12)19(17,18)14-8-4-3-7-13(14)16/h3-4,7-8,12,16H,2,5-6,9-11H2,1H3. The van der Waals surface area contributed by atoms with Crippen molar-refractivity contribution in [1.82, 2.24) is 4.31 Å². The quantitative estimate of drug-likeness (QED) is 0.927. The minimum atomic E-state index is -3.56. The highest BCUT2D eigenvalue weighted by Crippen LogP contribution is 2.28. The third kappa shape index (κ3) is 3.09. The first-order valence-corrected chi connectivity index (χ1v) is 8.28. The zero-order chi connectivity index (χ0) is 13.9. The molecule has 2 rings (SSSR count). The Labute approximate surface area is 115 Å². The Bertz CT molecular complexity index is 527. The van der Waals surface area contributed by atoms with Gasteiger partial charge in [0.15, 0.2) is 0 Å². The first kappa shape index (κ1) is 14.3. The third-order valence-electron chi connectivity index (χ3n) is 3.87. The summed E-state index contributed by atoms with van der Waals surface area (Å²) in [6, 6.07) is 6.15. The molecule has 0 aromatic heterocycles. The molecule has 1 aliphatic heterocycles. The van der Waals surface area contributed by atoms with Crippen molar-refractivity contribution in [3.8, 4) is 5.75 Å². The minimum Gasteiger partial charge on any atom is -0.507 e. The molecule has 1 fully saturated rings. The summed E-state index contributed by atoms with van der Waals surface area (Å²) < 4.78 is 26.6. The van der Waals surface area contributed by atoms with Gasteiger partial charge in [-0.25, -0.2) is 8.42 Å². The van der Waals surface area contributed by atoms with E-state index in [1.54, 1.807) is 12.1 Å². The van der Waals surface area contributed by atoms with E-state index in [0.717, 1.165) is 25.7 Å². The average molecular weight is 283 g/mol.